The van der Waals surface area contributed by atoms with E-state index in [0.29, 0.717) is 26.2 Å². The second kappa shape index (κ2) is 7.60. The summed E-state index contributed by atoms with van der Waals surface area (Å²) in [5.41, 5.74) is 2.03. The van der Waals surface area contributed by atoms with E-state index in [1.807, 2.05) is 31.2 Å². The fraction of sp³-hybridized carbons (Fsp3) is 0.533. The van der Waals surface area contributed by atoms with Crippen LogP contribution >= 0.6 is 0 Å². The number of amides is 2. The standard InChI is InChI=1S/C15H22N2O4S/c1-2-21-10-13-6-4-3-5-12(13)9-16-15(18)17-14-7-8-22(19,20)11-14/h3-6,14H,2,7-11H2,1H3,(H2,16,17,18)/t14-/m0/s1. The molecule has 0 aliphatic carbocycles. The van der Waals surface area contributed by atoms with Gasteiger partial charge in [0.15, 0.2) is 9.84 Å². The molecule has 0 radical (unpaired) electrons. The summed E-state index contributed by atoms with van der Waals surface area (Å²) in [6, 6.07) is 7.12. The average molecular weight is 326 g/mol. The molecule has 1 aromatic rings. The summed E-state index contributed by atoms with van der Waals surface area (Å²) in [5.74, 6) is 0.177. The Morgan fingerprint density at radius 1 is 1.32 bits per heavy atom. The van der Waals surface area contributed by atoms with E-state index in [2.05, 4.69) is 10.6 Å². The molecule has 0 saturated carbocycles. The zero-order valence-electron chi connectivity index (χ0n) is 12.7. The molecule has 6 nitrogen and oxygen atoms in total. The van der Waals surface area contributed by atoms with Crippen molar-refractivity contribution >= 4 is 15.9 Å². The molecule has 2 amide bonds. The second-order valence-corrected chi connectivity index (χ2v) is 7.56. The summed E-state index contributed by atoms with van der Waals surface area (Å²) in [5, 5.41) is 5.48. The van der Waals surface area contributed by atoms with Crippen LogP contribution in [-0.4, -0.2) is 38.6 Å². The van der Waals surface area contributed by atoms with Crippen LogP contribution in [0.25, 0.3) is 0 Å². The van der Waals surface area contributed by atoms with Gasteiger partial charge in [-0.3, -0.25) is 0 Å². The molecule has 0 bridgehead atoms. The van der Waals surface area contributed by atoms with Gasteiger partial charge in [0.25, 0.3) is 0 Å². The molecule has 2 N–H and O–H groups in total. The maximum Gasteiger partial charge on any atom is 0.315 e. The average Bonchev–Trinajstić information content (AvgIpc) is 2.82. The van der Waals surface area contributed by atoms with Crippen LogP contribution in [0.4, 0.5) is 4.79 Å². The highest BCUT2D eigenvalue weighted by atomic mass is 32.2. The van der Waals surface area contributed by atoms with Gasteiger partial charge in [0.2, 0.25) is 0 Å². The molecule has 22 heavy (non-hydrogen) atoms. The molecule has 0 aromatic heterocycles. The summed E-state index contributed by atoms with van der Waals surface area (Å²) in [7, 11) is -2.98. The third-order valence-electron chi connectivity index (χ3n) is 3.59. The van der Waals surface area contributed by atoms with Crippen LogP contribution in [-0.2, 0) is 27.7 Å². The van der Waals surface area contributed by atoms with Crippen molar-refractivity contribution in [2.75, 3.05) is 18.1 Å². The predicted octanol–water partition coefficient (Wildman–Crippen LogP) is 1.21. The first-order valence-electron chi connectivity index (χ1n) is 7.39. The Hall–Kier alpha value is -1.60. The number of benzene rings is 1. The molecule has 1 fully saturated rings. The molecule has 1 aliphatic rings. The van der Waals surface area contributed by atoms with Crippen LogP contribution in [0.1, 0.15) is 24.5 Å². The third kappa shape index (κ3) is 4.99. The van der Waals surface area contributed by atoms with Crippen molar-refractivity contribution in [3.8, 4) is 0 Å². The molecule has 1 saturated heterocycles. The third-order valence-corrected chi connectivity index (χ3v) is 5.36. The van der Waals surface area contributed by atoms with Crippen LogP contribution in [0.5, 0.6) is 0 Å². The highest BCUT2D eigenvalue weighted by molar-refractivity contribution is 7.91. The molecule has 0 spiro atoms. The monoisotopic (exact) mass is 326 g/mol. The maximum atomic E-state index is 11.9. The number of carbonyl (C=O) groups excluding carboxylic acids is 1. The molecule has 0 unspecified atom stereocenters. The van der Waals surface area contributed by atoms with Gasteiger partial charge in [-0.15, -0.1) is 0 Å². The lowest BCUT2D eigenvalue weighted by molar-refractivity contribution is 0.133. The number of sulfone groups is 1. The Morgan fingerprint density at radius 3 is 2.68 bits per heavy atom. The molecule has 1 aromatic carbocycles. The lowest BCUT2D eigenvalue weighted by Crippen LogP contribution is -2.42. The molecule has 2 rings (SSSR count). The zero-order valence-corrected chi connectivity index (χ0v) is 13.5. The Kier molecular flexibility index (Phi) is 5.79. The smallest absolute Gasteiger partial charge is 0.315 e. The number of hydrogen-bond donors (Lipinski definition) is 2. The van der Waals surface area contributed by atoms with E-state index in [9.17, 15) is 13.2 Å². The molecule has 1 atom stereocenters. The molecule has 7 heteroatoms. The maximum absolute atomic E-state index is 11.9. The van der Waals surface area contributed by atoms with Crippen molar-refractivity contribution in [1.29, 1.82) is 0 Å². The van der Waals surface area contributed by atoms with Crippen LogP contribution in [0.15, 0.2) is 24.3 Å². The van der Waals surface area contributed by atoms with E-state index in [-0.39, 0.29) is 23.6 Å². The van der Waals surface area contributed by atoms with Crippen molar-refractivity contribution in [3.05, 3.63) is 35.4 Å². The Balaban J connectivity index is 1.84. The predicted molar refractivity (Wildman–Crippen MR) is 84.2 cm³/mol. The van der Waals surface area contributed by atoms with E-state index in [1.54, 1.807) is 0 Å². The molecular weight excluding hydrogens is 304 g/mol. The zero-order chi connectivity index (χ0) is 16.0. The summed E-state index contributed by atoms with van der Waals surface area (Å²) in [4.78, 5) is 11.9. The van der Waals surface area contributed by atoms with Crippen molar-refractivity contribution in [2.24, 2.45) is 0 Å². The molecule has 122 valence electrons. The quantitative estimate of drug-likeness (QED) is 0.823. The van der Waals surface area contributed by atoms with Crippen molar-refractivity contribution in [1.82, 2.24) is 10.6 Å². The number of urea groups is 1. The highest BCUT2D eigenvalue weighted by Crippen LogP contribution is 2.12. The van der Waals surface area contributed by atoms with Crippen LogP contribution < -0.4 is 10.6 Å². The number of ether oxygens (including phenoxy) is 1. The lowest BCUT2D eigenvalue weighted by Gasteiger charge is -2.14. The Morgan fingerprint density at radius 2 is 2.05 bits per heavy atom. The number of rotatable bonds is 6. The fourth-order valence-electron chi connectivity index (χ4n) is 2.40. The first kappa shape index (κ1) is 16.8. The molecule has 1 aliphatic heterocycles. The van der Waals surface area contributed by atoms with Crippen LogP contribution in [0.3, 0.4) is 0 Å². The lowest BCUT2D eigenvalue weighted by atomic mass is 10.1. The van der Waals surface area contributed by atoms with Gasteiger partial charge in [0, 0.05) is 19.2 Å². The van der Waals surface area contributed by atoms with E-state index < -0.39 is 9.84 Å². The van der Waals surface area contributed by atoms with Crippen LogP contribution in [0.2, 0.25) is 0 Å². The van der Waals surface area contributed by atoms with E-state index >= 15 is 0 Å². The summed E-state index contributed by atoms with van der Waals surface area (Å²) < 4.78 is 28.1. The largest absolute Gasteiger partial charge is 0.377 e. The highest BCUT2D eigenvalue weighted by Gasteiger charge is 2.28. The van der Waals surface area contributed by atoms with Crippen LogP contribution in [0, 0.1) is 0 Å². The van der Waals surface area contributed by atoms with Crippen molar-refractivity contribution in [3.63, 3.8) is 0 Å². The Bertz CT molecular complexity index is 616. The first-order valence-corrected chi connectivity index (χ1v) is 9.21. The minimum atomic E-state index is -2.98. The topological polar surface area (TPSA) is 84.5 Å². The van der Waals surface area contributed by atoms with Gasteiger partial charge < -0.3 is 15.4 Å². The number of nitrogens with one attached hydrogen (secondary N) is 2. The van der Waals surface area contributed by atoms with E-state index in [0.717, 1.165) is 11.1 Å². The number of hydrogen-bond acceptors (Lipinski definition) is 4. The molecular formula is C15H22N2O4S. The minimum absolute atomic E-state index is 0.0291. The van der Waals surface area contributed by atoms with Gasteiger partial charge in [0.05, 0.1) is 18.1 Å². The van der Waals surface area contributed by atoms with Crippen molar-refractivity contribution < 1.29 is 17.9 Å². The second-order valence-electron chi connectivity index (χ2n) is 5.33. The number of carbonyl (C=O) groups is 1. The first-order chi connectivity index (χ1) is 10.5. The fourth-order valence-corrected chi connectivity index (χ4v) is 4.08. The minimum Gasteiger partial charge on any atom is -0.377 e. The summed E-state index contributed by atoms with van der Waals surface area (Å²) >= 11 is 0. The summed E-state index contributed by atoms with van der Waals surface area (Å²) in [6.07, 6.45) is 0.483. The van der Waals surface area contributed by atoms with E-state index in [1.165, 1.54) is 0 Å². The van der Waals surface area contributed by atoms with Gasteiger partial charge in [-0.2, -0.15) is 0 Å². The Labute approximate surface area is 131 Å². The van der Waals surface area contributed by atoms with Gasteiger partial charge >= 0.3 is 6.03 Å². The van der Waals surface area contributed by atoms with Gasteiger partial charge in [-0.05, 0) is 24.5 Å². The normalized spacial score (nSPS) is 19.8. The van der Waals surface area contributed by atoms with Gasteiger partial charge in [-0.25, -0.2) is 13.2 Å². The van der Waals surface area contributed by atoms with Gasteiger partial charge in [0.1, 0.15) is 0 Å². The SMILES string of the molecule is CCOCc1ccccc1CNC(=O)N[C@H]1CCS(=O)(=O)C1. The molecule has 1 heterocycles. The van der Waals surface area contributed by atoms with Gasteiger partial charge in [-0.1, -0.05) is 24.3 Å². The summed E-state index contributed by atoms with van der Waals surface area (Å²) in [6.45, 7) is 3.47. The van der Waals surface area contributed by atoms with E-state index in [4.69, 9.17) is 4.74 Å². The van der Waals surface area contributed by atoms with Crippen molar-refractivity contribution in [2.45, 2.75) is 32.5 Å².